The number of hydrogen-bond acceptors (Lipinski definition) is 4. The van der Waals surface area contributed by atoms with Crippen LogP contribution in [-0.4, -0.2) is 38.7 Å². The van der Waals surface area contributed by atoms with Crippen LogP contribution in [0.5, 0.6) is 0 Å². The number of aromatic nitrogens is 3. The van der Waals surface area contributed by atoms with Gasteiger partial charge in [0.15, 0.2) is 0 Å². The quantitative estimate of drug-likeness (QED) is 0.792. The zero-order chi connectivity index (χ0) is 14.5. The van der Waals surface area contributed by atoms with Gasteiger partial charge in [-0.15, -0.1) is 0 Å². The summed E-state index contributed by atoms with van der Waals surface area (Å²) in [5.41, 5.74) is 0. The molecule has 2 rings (SSSR count). The molecule has 0 aromatic carbocycles. The lowest BCUT2D eigenvalue weighted by molar-refractivity contribution is -0.0377. The molecule has 20 heavy (non-hydrogen) atoms. The van der Waals surface area contributed by atoms with Crippen molar-refractivity contribution in [2.24, 2.45) is 11.8 Å². The lowest BCUT2D eigenvalue weighted by atomic mass is 9.78. The molecular weight excluding hydrogens is 254 g/mol. The highest BCUT2D eigenvalue weighted by molar-refractivity contribution is 4.90. The van der Waals surface area contributed by atoms with Crippen LogP contribution in [0.15, 0.2) is 6.33 Å². The molecule has 5 nitrogen and oxygen atoms in total. The lowest BCUT2D eigenvalue weighted by Crippen LogP contribution is -2.34. The van der Waals surface area contributed by atoms with Crippen molar-refractivity contribution in [2.75, 3.05) is 6.61 Å². The highest BCUT2D eigenvalue weighted by Gasteiger charge is 2.31. The van der Waals surface area contributed by atoms with E-state index in [4.69, 9.17) is 4.74 Å². The van der Waals surface area contributed by atoms with Crippen LogP contribution in [0.4, 0.5) is 0 Å². The standard InChI is InChI=1S/C15H27N3O2/c1-4-20-14-6-12(7-14)5-13(19)8-15-16-10-17-18(15)9-11(2)3/h10-14,19H,4-9H2,1-3H3. The maximum absolute atomic E-state index is 10.2. The van der Waals surface area contributed by atoms with Crippen LogP contribution in [0.25, 0.3) is 0 Å². The molecule has 114 valence electrons. The molecule has 0 amide bonds. The SMILES string of the molecule is CCOC1CC(CC(O)Cc2ncnn2CC(C)C)C1. The second-order valence-electron chi connectivity index (χ2n) is 6.26. The average Bonchev–Trinajstić information content (AvgIpc) is 2.73. The van der Waals surface area contributed by atoms with Gasteiger partial charge in [0, 0.05) is 19.6 Å². The maximum atomic E-state index is 10.2. The number of aliphatic hydroxyl groups is 1. The Bertz CT molecular complexity index is 400. The summed E-state index contributed by atoms with van der Waals surface area (Å²) >= 11 is 0. The second-order valence-corrected chi connectivity index (χ2v) is 6.26. The molecule has 1 saturated carbocycles. The van der Waals surface area contributed by atoms with Crippen molar-refractivity contribution in [3.8, 4) is 0 Å². The molecule has 0 bridgehead atoms. The first-order valence-corrected chi connectivity index (χ1v) is 7.74. The van der Waals surface area contributed by atoms with E-state index in [-0.39, 0.29) is 6.10 Å². The molecule has 1 aliphatic carbocycles. The first-order chi connectivity index (χ1) is 9.58. The van der Waals surface area contributed by atoms with Crippen LogP contribution < -0.4 is 0 Å². The average molecular weight is 281 g/mol. The number of rotatable bonds is 8. The molecule has 1 aromatic rings. The third-order valence-corrected chi connectivity index (χ3v) is 3.85. The zero-order valence-corrected chi connectivity index (χ0v) is 12.8. The number of aliphatic hydroxyl groups excluding tert-OH is 1. The molecule has 1 atom stereocenters. The summed E-state index contributed by atoms with van der Waals surface area (Å²) in [5.74, 6) is 2.03. The van der Waals surface area contributed by atoms with Gasteiger partial charge in [0.25, 0.3) is 0 Å². The largest absolute Gasteiger partial charge is 0.393 e. The molecule has 0 aliphatic heterocycles. The predicted molar refractivity (Wildman–Crippen MR) is 77.3 cm³/mol. The fourth-order valence-electron chi connectivity index (χ4n) is 2.86. The summed E-state index contributed by atoms with van der Waals surface area (Å²) in [5, 5.41) is 14.4. The molecule has 1 N–H and O–H groups in total. The van der Waals surface area contributed by atoms with Gasteiger partial charge in [0.2, 0.25) is 0 Å². The van der Waals surface area contributed by atoms with Crippen LogP contribution in [0.1, 0.15) is 45.9 Å². The van der Waals surface area contributed by atoms with E-state index < -0.39 is 0 Å². The van der Waals surface area contributed by atoms with Gasteiger partial charge in [-0.05, 0) is 38.0 Å². The molecule has 1 unspecified atom stereocenters. The fourth-order valence-corrected chi connectivity index (χ4v) is 2.86. The lowest BCUT2D eigenvalue weighted by Gasteiger charge is -2.36. The fraction of sp³-hybridized carbons (Fsp3) is 0.867. The van der Waals surface area contributed by atoms with Gasteiger partial charge < -0.3 is 9.84 Å². The van der Waals surface area contributed by atoms with Gasteiger partial charge in [-0.1, -0.05) is 13.8 Å². The Morgan fingerprint density at radius 3 is 2.85 bits per heavy atom. The first kappa shape index (κ1) is 15.4. The van der Waals surface area contributed by atoms with Crippen LogP contribution >= 0.6 is 0 Å². The number of ether oxygens (including phenoxy) is 1. The van der Waals surface area contributed by atoms with Crippen molar-refractivity contribution in [2.45, 2.75) is 65.2 Å². The van der Waals surface area contributed by atoms with Crippen molar-refractivity contribution in [3.63, 3.8) is 0 Å². The second kappa shape index (κ2) is 7.18. The molecule has 0 spiro atoms. The minimum atomic E-state index is -0.322. The molecule has 1 aliphatic rings. The van der Waals surface area contributed by atoms with Crippen molar-refractivity contribution in [1.29, 1.82) is 0 Å². The Morgan fingerprint density at radius 1 is 1.45 bits per heavy atom. The maximum Gasteiger partial charge on any atom is 0.138 e. The Balaban J connectivity index is 1.75. The van der Waals surface area contributed by atoms with E-state index >= 15 is 0 Å². The Labute approximate surface area is 121 Å². The summed E-state index contributed by atoms with van der Waals surface area (Å²) in [7, 11) is 0. The van der Waals surface area contributed by atoms with Crippen molar-refractivity contribution in [1.82, 2.24) is 14.8 Å². The van der Waals surface area contributed by atoms with Gasteiger partial charge in [-0.2, -0.15) is 5.10 Å². The Hall–Kier alpha value is -0.940. The summed E-state index contributed by atoms with van der Waals surface area (Å²) < 4.78 is 7.46. The number of nitrogens with zero attached hydrogens (tertiary/aromatic N) is 3. The minimum Gasteiger partial charge on any atom is -0.393 e. The summed E-state index contributed by atoms with van der Waals surface area (Å²) in [6.45, 7) is 7.99. The molecule has 1 fully saturated rings. The van der Waals surface area contributed by atoms with E-state index in [0.717, 1.165) is 38.2 Å². The first-order valence-electron chi connectivity index (χ1n) is 7.74. The molecule has 5 heteroatoms. The van der Waals surface area contributed by atoms with Crippen LogP contribution in [-0.2, 0) is 17.7 Å². The minimum absolute atomic E-state index is 0.322. The molecule has 1 aromatic heterocycles. The van der Waals surface area contributed by atoms with Gasteiger partial charge in [-0.25, -0.2) is 9.67 Å². The Kier molecular flexibility index (Phi) is 5.54. The van der Waals surface area contributed by atoms with Gasteiger partial charge in [0.05, 0.1) is 12.2 Å². The third-order valence-electron chi connectivity index (χ3n) is 3.85. The van der Waals surface area contributed by atoms with Gasteiger partial charge in [-0.3, -0.25) is 0 Å². The van der Waals surface area contributed by atoms with Crippen LogP contribution in [0, 0.1) is 11.8 Å². The molecule has 1 heterocycles. The van der Waals surface area contributed by atoms with E-state index in [1.165, 1.54) is 0 Å². The number of hydrogen-bond donors (Lipinski definition) is 1. The van der Waals surface area contributed by atoms with Crippen LogP contribution in [0.3, 0.4) is 0 Å². The highest BCUT2D eigenvalue weighted by atomic mass is 16.5. The smallest absolute Gasteiger partial charge is 0.138 e. The monoisotopic (exact) mass is 281 g/mol. The van der Waals surface area contributed by atoms with E-state index in [1.807, 2.05) is 11.6 Å². The molecular formula is C15H27N3O2. The predicted octanol–water partition coefficient (Wildman–Crippen LogP) is 2.04. The summed E-state index contributed by atoms with van der Waals surface area (Å²) in [6, 6.07) is 0. The van der Waals surface area contributed by atoms with E-state index in [9.17, 15) is 5.11 Å². The van der Waals surface area contributed by atoms with E-state index in [2.05, 4.69) is 23.9 Å². The molecule has 0 radical (unpaired) electrons. The topological polar surface area (TPSA) is 60.2 Å². The van der Waals surface area contributed by atoms with E-state index in [1.54, 1.807) is 6.33 Å². The molecule has 0 saturated heterocycles. The normalized spacial score (nSPS) is 23.9. The van der Waals surface area contributed by atoms with Crippen molar-refractivity contribution < 1.29 is 9.84 Å². The zero-order valence-electron chi connectivity index (χ0n) is 12.8. The van der Waals surface area contributed by atoms with E-state index in [0.29, 0.717) is 24.4 Å². The summed E-state index contributed by atoms with van der Waals surface area (Å²) in [6.07, 6.45) is 5.30. The van der Waals surface area contributed by atoms with Crippen LogP contribution in [0.2, 0.25) is 0 Å². The van der Waals surface area contributed by atoms with Crippen molar-refractivity contribution >= 4 is 0 Å². The third kappa shape index (κ3) is 4.28. The Morgan fingerprint density at radius 2 is 2.20 bits per heavy atom. The van der Waals surface area contributed by atoms with Crippen molar-refractivity contribution in [3.05, 3.63) is 12.2 Å². The van der Waals surface area contributed by atoms with Gasteiger partial charge in [0.1, 0.15) is 12.2 Å². The summed E-state index contributed by atoms with van der Waals surface area (Å²) in [4.78, 5) is 4.27. The highest BCUT2D eigenvalue weighted by Crippen LogP contribution is 2.33. The van der Waals surface area contributed by atoms with Gasteiger partial charge >= 0.3 is 0 Å².